The molecule has 3 aromatic rings. The van der Waals surface area contributed by atoms with Crippen molar-refractivity contribution in [1.82, 2.24) is 4.98 Å². The molecule has 0 saturated heterocycles. The van der Waals surface area contributed by atoms with Crippen LogP contribution < -0.4 is 5.32 Å². The van der Waals surface area contributed by atoms with Gasteiger partial charge in [0, 0.05) is 32.1 Å². The summed E-state index contributed by atoms with van der Waals surface area (Å²) in [5.41, 5.74) is 3.01. The largest absolute Gasteiger partial charge is 0.477 e. The first kappa shape index (κ1) is 24.4. The fourth-order valence-corrected chi connectivity index (χ4v) is 6.87. The number of aliphatic carboxylic acids is 1. The molecule has 1 aromatic heterocycles. The zero-order valence-corrected chi connectivity index (χ0v) is 21.8. The van der Waals surface area contributed by atoms with Gasteiger partial charge in [0.2, 0.25) is 0 Å². The quantitative estimate of drug-likeness (QED) is 0.216. The minimum Gasteiger partial charge on any atom is -0.477 e. The fourth-order valence-electron chi connectivity index (χ4n) is 3.51. The summed E-state index contributed by atoms with van der Waals surface area (Å²) in [6, 6.07) is 8.30. The zero-order valence-electron chi connectivity index (χ0n) is 17.1. The highest BCUT2D eigenvalue weighted by Crippen LogP contribution is 2.53. The Morgan fingerprint density at radius 1 is 1.09 bits per heavy atom. The summed E-state index contributed by atoms with van der Waals surface area (Å²) in [4.78, 5) is 16.9. The summed E-state index contributed by atoms with van der Waals surface area (Å²) >= 11 is 27.6. The Kier molecular flexibility index (Phi) is 7.01. The Labute approximate surface area is 218 Å². The second kappa shape index (κ2) is 9.49. The van der Waals surface area contributed by atoms with E-state index >= 15 is 0 Å². The molecule has 0 radical (unpaired) electrons. The van der Waals surface area contributed by atoms with E-state index in [1.165, 1.54) is 18.3 Å². The maximum absolute atomic E-state index is 12.2. The second-order valence-corrected chi connectivity index (χ2v) is 11.5. The van der Waals surface area contributed by atoms with Crippen molar-refractivity contribution < 1.29 is 9.90 Å². The number of hydrogen-bond donors (Lipinski definition) is 3. The standard InChI is InChI=1S/C22H15Cl4N3O2S2/c1-8(27)17(10-3-11(23)5-12(24)4-10)19(20(30)31)29-22-28-18-14-7-16(26)15(25)6-13(14)9(2)32-21(18)33-22/h3-7,9,27H,1-2H3,(H,28,29)(H,30,31)/b19-17+,27-8?. The maximum atomic E-state index is 12.2. The van der Waals surface area contributed by atoms with E-state index in [9.17, 15) is 9.90 Å². The molecule has 1 aliphatic rings. The van der Waals surface area contributed by atoms with Gasteiger partial charge in [-0.05, 0) is 55.3 Å². The van der Waals surface area contributed by atoms with Crippen LogP contribution in [0.15, 0.2) is 40.2 Å². The van der Waals surface area contributed by atoms with E-state index in [0.29, 0.717) is 36.5 Å². The minimum absolute atomic E-state index is 0.0364. The number of carboxylic acids is 1. The highest BCUT2D eigenvalue weighted by molar-refractivity contribution is 8.01. The number of allylic oxidation sites excluding steroid dienone is 1. The monoisotopic (exact) mass is 557 g/mol. The molecule has 170 valence electrons. The van der Waals surface area contributed by atoms with E-state index in [2.05, 4.69) is 17.2 Å². The number of thiazole rings is 1. The molecule has 0 saturated carbocycles. The van der Waals surface area contributed by atoms with Crippen molar-refractivity contribution in [3.63, 3.8) is 0 Å². The van der Waals surface area contributed by atoms with E-state index in [1.54, 1.807) is 36.0 Å². The van der Waals surface area contributed by atoms with Gasteiger partial charge in [0.25, 0.3) is 0 Å². The third-order valence-electron chi connectivity index (χ3n) is 4.89. The number of fused-ring (bicyclic) bond motifs is 3. The lowest BCUT2D eigenvalue weighted by molar-refractivity contribution is -0.132. The molecule has 33 heavy (non-hydrogen) atoms. The van der Waals surface area contributed by atoms with Crippen LogP contribution in [0.4, 0.5) is 5.13 Å². The molecule has 0 bridgehead atoms. The topological polar surface area (TPSA) is 86.1 Å². The average Bonchev–Trinajstić information content (AvgIpc) is 3.10. The minimum atomic E-state index is -1.24. The van der Waals surface area contributed by atoms with E-state index < -0.39 is 5.97 Å². The smallest absolute Gasteiger partial charge is 0.353 e. The van der Waals surface area contributed by atoms with Gasteiger partial charge in [-0.25, -0.2) is 9.78 Å². The van der Waals surface area contributed by atoms with Crippen LogP contribution >= 0.6 is 69.5 Å². The Balaban J connectivity index is 1.83. The van der Waals surface area contributed by atoms with Gasteiger partial charge < -0.3 is 15.8 Å². The van der Waals surface area contributed by atoms with Gasteiger partial charge in [-0.3, -0.25) is 0 Å². The van der Waals surface area contributed by atoms with Gasteiger partial charge in [-0.1, -0.05) is 57.7 Å². The zero-order chi connectivity index (χ0) is 24.0. The summed E-state index contributed by atoms with van der Waals surface area (Å²) in [7, 11) is 0. The van der Waals surface area contributed by atoms with Crippen molar-refractivity contribution in [2.45, 2.75) is 23.3 Å². The van der Waals surface area contributed by atoms with Gasteiger partial charge >= 0.3 is 5.97 Å². The number of carbonyl (C=O) groups is 1. The number of nitrogens with one attached hydrogen (secondary N) is 2. The number of nitrogens with zero attached hydrogens (tertiary/aromatic N) is 1. The van der Waals surface area contributed by atoms with Gasteiger partial charge in [0.15, 0.2) is 5.13 Å². The van der Waals surface area contributed by atoms with Crippen LogP contribution in [-0.2, 0) is 4.79 Å². The summed E-state index contributed by atoms with van der Waals surface area (Å²) in [6.45, 7) is 3.56. The van der Waals surface area contributed by atoms with Gasteiger partial charge in [0.05, 0.1) is 19.9 Å². The number of benzene rings is 2. The second-order valence-electron chi connectivity index (χ2n) is 7.23. The molecule has 2 aromatic carbocycles. The normalized spacial score (nSPS) is 15.4. The van der Waals surface area contributed by atoms with E-state index in [-0.39, 0.29) is 22.2 Å². The van der Waals surface area contributed by atoms with Crippen LogP contribution in [0.5, 0.6) is 0 Å². The van der Waals surface area contributed by atoms with Gasteiger partial charge in [-0.15, -0.1) is 11.8 Å². The van der Waals surface area contributed by atoms with Crippen molar-refractivity contribution >= 4 is 91.9 Å². The molecule has 0 fully saturated rings. The molecular formula is C22H15Cl4N3O2S2. The van der Waals surface area contributed by atoms with Crippen LogP contribution in [0.3, 0.4) is 0 Å². The van der Waals surface area contributed by atoms with Gasteiger partial charge in [0.1, 0.15) is 5.70 Å². The van der Waals surface area contributed by atoms with Crippen molar-refractivity contribution in [2.24, 2.45) is 0 Å². The Morgan fingerprint density at radius 2 is 1.73 bits per heavy atom. The first-order chi connectivity index (χ1) is 15.5. The van der Waals surface area contributed by atoms with Gasteiger partial charge in [-0.2, -0.15) is 0 Å². The Bertz CT molecular complexity index is 1330. The number of halogens is 4. The third-order valence-corrected chi connectivity index (χ3v) is 8.37. The number of hydrogen-bond acceptors (Lipinski definition) is 6. The predicted molar refractivity (Wildman–Crippen MR) is 140 cm³/mol. The van der Waals surface area contributed by atoms with Crippen LogP contribution in [0, 0.1) is 5.41 Å². The highest BCUT2D eigenvalue weighted by Gasteiger charge is 2.29. The van der Waals surface area contributed by atoms with E-state index in [0.717, 1.165) is 15.3 Å². The number of thioether (sulfide) groups is 1. The molecule has 0 aliphatic carbocycles. The average molecular weight is 559 g/mol. The van der Waals surface area contributed by atoms with Crippen LogP contribution in [0.2, 0.25) is 20.1 Å². The molecule has 0 amide bonds. The van der Waals surface area contributed by atoms with Crippen molar-refractivity contribution in [1.29, 1.82) is 5.41 Å². The summed E-state index contributed by atoms with van der Waals surface area (Å²) in [5, 5.41) is 23.2. The molecule has 11 heteroatoms. The van der Waals surface area contributed by atoms with Crippen molar-refractivity contribution in [2.75, 3.05) is 5.32 Å². The Hall–Kier alpha value is -1.74. The first-order valence-corrected chi connectivity index (χ1v) is 12.7. The summed E-state index contributed by atoms with van der Waals surface area (Å²) < 4.78 is 0.930. The predicted octanol–water partition coefficient (Wildman–Crippen LogP) is 8.54. The lowest BCUT2D eigenvalue weighted by Gasteiger charge is -2.21. The third kappa shape index (κ3) is 4.90. The van der Waals surface area contributed by atoms with E-state index in [4.69, 9.17) is 51.8 Å². The molecule has 1 atom stereocenters. The van der Waals surface area contributed by atoms with Crippen molar-refractivity contribution in [3.05, 3.63) is 67.2 Å². The lowest BCUT2D eigenvalue weighted by Crippen LogP contribution is -2.16. The van der Waals surface area contributed by atoms with Crippen LogP contribution in [0.1, 0.15) is 30.2 Å². The number of rotatable bonds is 5. The fraction of sp³-hybridized carbons (Fsp3) is 0.136. The molecule has 3 N–H and O–H groups in total. The molecule has 1 aliphatic heterocycles. The molecule has 0 spiro atoms. The molecule has 2 heterocycles. The summed E-state index contributed by atoms with van der Waals surface area (Å²) in [5.74, 6) is -1.24. The number of carboxylic acid groups (broad SMARTS) is 1. The first-order valence-electron chi connectivity index (χ1n) is 9.48. The van der Waals surface area contributed by atoms with E-state index in [1.807, 2.05) is 6.07 Å². The summed E-state index contributed by atoms with van der Waals surface area (Å²) in [6.07, 6.45) is 0. The maximum Gasteiger partial charge on any atom is 0.353 e. The van der Waals surface area contributed by atoms with Crippen LogP contribution in [-0.4, -0.2) is 21.8 Å². The number of anilines is 1. The SMILES string of the molecule is CC(=N)/C(=C(\Nc1nc2c(s1)SC(C)c1cc(Cl)c(Cl)cc1-2)C(=O)O)c1cc(Cl)cc(Cl)c1. The van der Waals surface area contributed by atoms with Crippen molar-refractivity contribution in [3.8, 4) is 11.3 Å². The molecule has 1 unspecified atom stereocenters. The molecular weight excluding hydrogens is 544 g/mol. The van der Waals surface area contributed by atoms with Crippen LogP contribution in [0.25, 0.3) is 16.8 Å². The molecule has 4 rings (SSSR count). The molecule has 5 nitrogen and oxygen atoms in total. The lowest BCUT2D eigenvalue weighted by atomic mass is 9.99. The Morgan fingerprint density at radius 3 is 2.33 bits per heavy atom. The highest BCUT2D eigenvalue weighted by atomic mass is 35.5. The number of aromatic nitrogens is 1.